The molecule has 0 spiro atoms. The summed E-state index contributed by atoms with van der Waals surface area (Å²) in [7, 11) is 3.62. The summed E-state index contributed by atoms with van der Waals surface area (Å²) >= 11 is 0. The maximum atomic E-state index is 11.9. The van der Waals surface area contributed by atoms with E-state index in [9.17, 15) is 4.79 Å². The second-order valence-electron chi connectivity index (χ2n) is 4.84. The molecule has 2 aromatic rings. The second-order valence-corrected chi connectivity index (χ2v) is 4.84. The summed E-state index contributed by atoms with van der Waals surface area (Å²) in [5.41, 5.74) is 9.74. The van der Waals surface area contributed by atoms with Crippen LogP contribution in [0.5, 0.6) is 0 Å². The zero-order chi connectivity index (χ0) is 13.6. The zero-order valence-electron chi connectivity index (χ0n) is 11.1. The normalized spacial score (nSPS) is 14.6. The quantitative estimate of drug-likeness (QED) is 0.842. The molecule has 3 rings (SSSR count). The van der Waals surface area contributed by atoms with E-state index in [1.807, 2.05) is 32.3 Å². The molecule has 5 nitrogen and oxygen atoms in total. The summed E-state index contributed by atoms with van der Waals surface area (Å²) in [4.78, 5) is 13.6. The van der Waals surface area contributed by atoms with Crippen LogP contribution in [0.4, 0.5) is 11.5 Å². The molecule has 0 fully saturated rings. The predicted octanol–water partition coefficient (Wildman–Crippen LogP) is 1.58. The van der Waals surface area contributed by atoms with Crippen molar-refractivity contribution in [2.24, 2.45) is 7.05 Å². The number of hydrogen-bond donors (Lipinski definition) is 1. The molecule has 0 unspecified atom stereocenters. The number of nitrogens with two attached hydrogens (primary N) is 1. The molecular formula is C14H16N4O. The van der Waals surface area contributed by atoms with E-state index in [-0.39, 0.29) is 5.91 Å². The molecule has 0 radical (unpaired) electrons. The fourth-order valence-electron chi connectivity index (χ4n) is 2.54. The fraction of sp³-hybridized carbons (Fsp3) is 0.286. The summed E-state index contributed by atoms with van der Waals surface area (Å²) in [6, 6.07) is 7.88. The third-order valence-electron chi connectivity index (χ3n) is 3.63. The van der Waals surface area contributed by atoms with Crippen molar-refractivity contribution < 1.29 is 4.79 Å². The number of amides is 1. The van der Waals surface area contributed by atoms with Gasteiger partial charge in [-0.1, -0.05) is 18.2 Å². The molecule has 5 heteroatoms. The number of carbonyl (C=O) groups is 1. The zero-order valence-corrected chi connectivity index (χ0v) is 11.1. The largest absolute Gasteiger partial charge is 0.384 e. The minimum atomic E-state index is 0.142. The first kappa shape index (κ1) is 11.8. The molecule has 0 bridgehead atoms. The number of aromatic nitrogens is 2. The van der Waals surface area contributed by atoms with E-state index >= 15 is 0 Å². The molecule has 1 aromatic carbocycles. The number of nitrogens with zero attached hydrogens (tertiary/aromatic N) is 3. The highest BCUT2D eigenvalue weighted by atomic mass is 16.2. The Morgan fingerprint density at radius 1 is 1.26 bits per heavy atom. The molecule has 2 heterocycles. The maximum Gasteiger partial charge on any atom is 0.227 e. The third-order valence-corrected chi connectivity index (χ3v) is 3.63. The van der Waals surface area contributed by atoms with Crippen LogP contribution >= 0.6 is 0 Å². The Hall–Kier alpha value is -2.30. The van der Waals surface area contributed by atoms with Gasteiger partial charge in [-0.15, -0.1) is 0 Å². The first-order chi connectivity index (χ1) is 9.08. The SMILES string of the molecule is CN1C(=O)CCc2cccc(-c3cc(N)n(C)n3)c21. The Labute approximate surface area is 111 Å². The van der Waals surface area contributed by atoms with Crippen molar-refractivity contribution in [1.82, 2.24) is 9.78 Å². The molecule has 1 aromatic heterocycles. The Balaban J connectivity index is 2.20. The Morgan fingerprint density at radius 2 is 2.05 bits per heavy atom. The van der Waals surface area contributed by atoms with E-state index in [2.05, 4.69) is 11.2 Å². The average Bonchev–Trinajstić information content (AvgIpc) is 2.73. The van der Waals surface area contributed by atoms with E-state index < -0.39 is 0 Å². The molecule has 1 aliphatic heterocycles. The Kier molecular flexibility index (Phi) is 2.55. The van der Waals surface area contributed by atoms with Crippen molar-refractivity contribution in [2.45, 2.75) is 12.8 Å². The van der Waals surface area contributed by atoms with Crippen LogP contribution in [0.1, 0.15) is 12.0 Å². The molecule has 19 heavy (non-hydrogen) atoms. The van der Waals surface area contributed by atoms with E-state index in [1.165, 1.54) is 5.56 Å². The summed E-state index contributed by atoms with van der Waals surface area (Å²) in [6.07, 6.45) is 1.35. The number of rotatable bonds is 1. The number of nitrogen functional groups attached to an aromatic ring is 1. The van der Waals surface area contributed by atoms with Gasteiger partial charge in [0.05, 0.1) is 11.4 Å². The lowest BCUT2D eigenvalue weighted by Gasteiger charge is -2.27. The first-order valence-electron chi connectivity index (χ1n) is 6.26. The number of aryl methyl sites for hydroxylation is 2. The van der Waals surface area contributed by atoms with Crippen LogP contribution < -0.4 is 10.6 Å². The average molecular weight is 256 g/mol. The fourth-order valence-corrected chi connectivity index (χ4v) is 2.54. The molecule has 0 aliphatic carbocycles. The molecule has 0 saturated heterocycles. The number of hydrogen-bond acceptors (Lipinski definition) is 3. The molecule has 2 N–H and O–H groups in total. The van der Waals surface area contributed by atoms with Gasteiger partial charge >= 0.3 is 0 Å². The molecular weight excluding hydrogens is 240 g/mol. The Bertz CT molecular complexity index is 640. The smallest absolute Gasteiger partial charge is 0.227 e. The third kappa shape index (κ3) is 1.78. The van der Waals surface area contributed by atoms with Gasteiger partial charge in [0.1, 0.15) is 5.82 Å². The van der Waals surface area contributed by atoms with Gasteiger partial charge in [-0.2, -0.15) is 5.10 Å². The second kappa shape index (κ2) is 4.12. The van der Waals surface area contributed by atoms with Crippen molar-refractivity contribution in [3.8, 4) is 11.3 Å². The number of para-hydroxylation sites is 1. The van der Waals surface area contributed by atoms with Gasteiger partial charge in [0.2, 0.25) is 5.91 Å². The molecule has 1 amide bonds. The molecule has 98 valence electrons. The standard InChI is InChI=1S/C14H16N4O/c1-17-13(19)7-6-9-4-3-5-10(14(9)17)11-8-12(15)18(2)16-11/h3-5,8H,6-7,15H2,1-2H3. The lowest BCUT2D eigenvalue weighted by atomic mass is 9.96. The van der Waals surface area contributed by atoms with Gasteiger partial charge in [0.25, 0.3) is 0 Å². The lowest BCUT2D eigenvalue weighted by molar-refractivity contribution is -0.118. The van der Waals surface area contributed by atoms with Crippen LogP contribution in [-0.4, -0.2) is 22.7 Å². The highest BCUT2D eigenvalue weighted by molar-refractivity contribution is 6.00. The van der Waals surface area contributed by atoms with Gasteiger partial charge < -0.3 is 10.6 Å². The first-order valence-corrected chi connectivity index (χ1v) is 6.26. The minimum Gasteiger partial charge on any atom is -0.384 e. The summed E-state index contributed by atoms with van der Waals surface area (Å²) in [5.74, 6) is 0.751. The van der Waals surface area contributed by atoms with E-state index in [0.717, 1.165) is 23.4 Å². The summed E-state index contributed by atoms with van der Waals surface area (Å²) in [5, 5.41) is 4.40. The van der Waals surface area contributed by atoms with Gasteiger partial charge in [-0.05, 0) is 12.0 Å². The van der Waals surface area contributed by atoms with Gasteiger partial charge in [-0.3, -0.25) is 9.48 Å². The summed E-state index contributed by atoms with van der Waals surface area (Å²) < 4.78 is 1.64. The van der Waals surface area contributed by atoms with Gasteiger partial charge in [-0.25, -0.2) is 0 Å². The summed E-state index contributed by atoms with van der Waals surface area (Å²) in [6.45, 7) is 0. The topological polar surface area (TPSA) is 64.2 Å². The van der Waals surface area contributed by atoms with Crippen molar-refractivity contribution in [3.05, 3.63) is 29.8 Å². The van der Waals surface area contributed by atoms with Crippen LogP contribution in [0.15, 0.2) is 24.3 Å². The minimum absolute atomic E-state index is 0.142. The van der Waals surface area contributed by atoms with E-state index in [1.54, 1.807) is 9.58 Å². The van der Waals surface area contributed by atoms with Gasteiger partial charge in [0, 0.05) is 32.1 Å². The predicted molar refractivity (Wildman–Crippen MR) is 74.8 cm³/mol. The number of benzene rings is 1. The van der Waals surface area contributed by atoms with Crippen molar-refractivity contribution in [3.63, 3.8) is 0 Å². The van der Waals surface area contributed by atoms with E-state index in [4.69, 9.17) is 5.73 Å². The number of carbonyl (C=O) groups excluding carboxylic acids is 1. The van der Waals surface area contributed by atoms with Crippen molar-refractivity contribution in [1.29, 1.82) is 0 Å². The van der Waals surface area contributed by atoms with Crippen molar-refractivity contribution >= 4 is 17.4 Å². The van der Waals surface area contributed by atoms with Crippen LogP contribution in [-0.2, 0) is 18.3 Å². The molecule has 0 saturated carbocycles. The highest BCUT2D eigenvalue weighted by Crippen LogP contribution is 2.36. The Morgan fingerprint density at radius 3 is 2.74 bits per heavy atom. The maximum absolute atomic E-state index is 11.9. The molecule has 1 aliphatic rings. The van der Waals surface area contributed by atoms with Crippen LogP contribution in [0.3, 0.4) is 0 Å². The van der Waals surface area contributed by atoms with Crippen LogP contribution in [0.2, 0.25) is 0 Å². The van der Waals surface area contributed by atoms with Crippen molar-refractivity contribution in [2.75, 3.05) is 17.7 Å². The molecule has 0 atom stereocenters. The highest BCUT2D eigenvalue weighted by Gasteiger charge is 2.24. The van der Waals surface area contributed by atoms with Gasteiger partial charge in [0.15, 0.2) is 0 Å². The monoisotopic (exact) mass is 256 g/mol. The van der Waals surface area contributed by atoms with Crippen LogP contribution in [0, 0.1) is 0 Å². The van der Waals surface area contributed by atoms with E-state index in [0.29, 0.717) is 12.2 Å². The lowest BCUT2D eigenvalue weighted by Crippen LogP contribution is -2.31. The number of anilines is 2. The number of fused-ring (bicyclic) bond motifs is 1. The van der Waals surface area contributed by atoms with Crippen LogP contribution in [0.25, 0.3) is 11.3 Å².